The van der Waals surface area contributed by atoms with Gasteiger partial charge in [-0.15, -0.1) is 0 Å². The van der Waals surface area contributed by atoms with Crippen molar-refractivity contribution in [3.8, 4) is 11.1 Å². The molecular weight excluding hydrogens is 378 g/mol. The summed E-state index contributed by atoms with van der Waals surface area (Å²) in [6.07, 6.45) is 1.74. The molecule has 0 spiro atoms. The van der Waals surface area contributed by atoms with Gasteiger partial charge in [0.2, 0.25) is 11.8 Å². The first-order valence-corrected chi connectivity index (χ1v) is 9.56. The van der Waals surface area contributed by atoms with Crippen molar-refractivity contribution in [2.75, 3.05) is 10.6 Å². The van der Waals surface area contributed by atoms with Crippen LogP contribution in [0.2, 0.25) is 0 Å². The average Bonchev–Trinajstić information content (AvgIpc) is 3.05. The number of hydrogen-bond acceptors (Lipinski definition) is 4. The van der Waals surface area contributed by atoms with E-state index in [1.165, 1.54) is 6.92 Å². The lowest BCUT2D eigenvalue weighted by molar-refractivity contribution is -0.117. The van der Waals surface area contributed by atoms with Crippen molar-refractivity contribution in [2.24, 2.45) is 0 Å². The van der Waals surface area contributed by atoms with E-state index in [1.54, 1.807) is 35.1 Å². The van der Waals surface area contributed by atoms with E-state index in [-0.39, 0.29) is 18.4 Å². The molecule has 30 heavy (non-hydrogen) atoms. The Bertz CT molecular complexity index is 1210. The van der Waals surface area contributed by atoms with E-state index in [0.717, 1.165) is 22.2 Å². The fourth-order valence-electron chi connectivity index (χ4n) is 3.43. The Hall–Kier alpha value is -4.00. The molecule has 4 rings (SSSR count). The van der Waals surface area contributed by atoms with Crippen LogP contribution in [-0.4, -0.2) is 26.6 Å². The molecule has 7 heteroatoms. The lowest BCUT2D eigenvalue weighted by atomic mass is 10.0. The molecule has 4 aromatic rings. The quantitative estimate of drug-likeness (QED) is 0.531. The van der Waals surface area contributed by atoms with Gasteiger partial charge in [-0.3, -0.25) is 9.59 Å². The molecule has 2 heterocycles. The molecule has 7 nitrogen and oxygen atoms in total. The zero-order chi connectivity index (χ0) is 21.1. The lowest BCUT2D eigenvalue weighted by Gasteiger charge is -2.08. The van der Waals surface area contributed by atoms with Gasteiger partial charge in [-0.25, -0.2) is 9.67 Å². The third kappa shape index (κ3) is 4.05. The lowest BCUT2D eigenvalue weighted by Crippen LogP contribution is -2.19. The molecule has 0 atom stereocenters. The number of aromatic nitrogens is 3. The summed E-state index contributed by atoms with van der Waals surface area (Å²) in [6, 6.07) is 19.0. The zero-order valence-electron chi connectivity index (χ0n) is 16.7. The van der Waals surface area contributed by atoms with Crippen molar-refractivity contribution < 1.29 is 9.59 Å². The van der Waals surface area contributed by atoms with E-state index in [4.69, 9.17) is 0 Å². The molecule has 2 aromatic carbocycles. The highest BCUT2D eigenvalue weighted by atomic mass is 16.2. The van der Waals surface area contributed by atoms with Crippen molar-refractivity contribution in [3.63, 3.8) is 0 Å². The molecule has 150 valence electrons. The van der Waals surface area contributed by atoms with Crippen molar-refractivity contribution in [2.45, 2.75) is 20.4 Å². The van der Waals surface area contributed by atoms with Crippen LogP contribution in [0.15, 0.2) is 66.9 Å². The molecule has 0 aliphatic carbocycles. The largest absolute Gasteiger partial charge is 0.326 e. The molecule has 0 fully saturated rings. The van der Waals surface area contributed by atoms with E-state index in [9.17, 15) is 9.59 Å². The first-order valence-electron chi connectivity index (χ1n) is 9.56. The Labute approximate surface area is 173 Å². The molecule has 0 saturated carbocycles. The summed E-state index contributed by atoms with van der Waals surface area (Å²) in [4.78, 5) is 28.2. The second-order valence-corrected chi connectivity index (χ2v) is 6.97. The molecule has 0 saturated heterocycles. The molecule has 2 N–H and O–H groups in total. The number of hydrogen-bond donors (Lipinski definition) is 2. The molecule has 2 aromatic heterocycles. The van der Waals surface area contributed by atoms with E-state index in [0.29, 0.717) is 17.0 Å². The summed E-state index contributed by atoms with van der Waals surface area (Å²) < 4.78 is 1.62. The summed E-state index contributed by atoms with van der Waals surface area (Å²) in [5.74, 6) is -0.353. The zero-order valence-corrected chi connectivity index (χ0v) is 16.7. The number of nitrogens with zero attached hydrogens (tertiary/aromatic N) is 3. The van der Waals surface area contributed by atoms with Crippen LogP contribution in [0, 0.1) is 6.92 Å². The summed E-state index contributed by atoms with van der Waals surface area (Å²) in [5, 5.41) is 11.0. The van der Waals surface area contributed by atoms with Crippen LogP contribution in [0.1, 0.15) is 12.6 Å². The normalized spacial score (nSPS) is 10.7. The summed E-state index contributed by atoms with van der Waals surface area (Å²) >= 11 is 0. The number of fused-ring (bicyclic) bond motifs is 1. The Morgan fingerprint density at radius 2 is 1.60 bits per heavy atom. The van der Waals surface area contributed by atoms with E-state index in [2.05, 4.69) is 20.7 Å². The molecular formula is C23H21N5O2. The van der Waals surface area contributed by atoms with Crippen LogP contribution in [0.3, 0.4) is 0 Å². The van der Waals surface area contributed by atoms with Crippen LogP contribution >= 0.6 is 0 Å². The maximum absolute atomic E-state index is 12.6. The van der Waals surface area contributed by atoms with Gasteiger partial charge in [0, 0.05) is 29.9 Å². The smallest absolute Gasteiger partial charge is 0.246 e. The monoisotopic (exact) mass is 399 g/mol. The van der Waals surface area contributed by atoms with Gasteiger partial charge in [0.1, 0.15) is 6.54 Å². The highest BCUT2D eigenvalue weighted by molar-refractivity contribution is 5.96. The molecule has 0 radical (unpaired) electrons. The maximum atomic E-state index is 12.6. The Morgan fingerprint density at radius 3 is 2.27 bits per heavy atom. The van der Waals surface area contributed by atoms with Gasteiger partial charge in [-0.05, 0) is 48.4 Å². The Balaban J connectivity index is 1.56. The highest BCUT2D eigenvalue weighted by Crippen LogP contribution is 2.29. The fourth-order valence-corrected chi connectivity index (χ4v) is 3.43. The van der Waals surface area contributed by atoms with Crippen molar-refractivity contribution in [1.82, 2.24) is 14.8 Å². The first-order chi connectivity index (χ1) is 14.5. The van der Waals surface area contributed by atoms with Crippen LogP contribution < -0.4 is 10.6 Å². The molecule has 0 unspecified atom stereocenters. The highest BCUT2D eigenvalue weighted by Gasteiger charge is 2.16. The predicted molar refractivity (Wildman–Crippen MR) is 117 cm³/mol. The van der Waals surface area contributed by atoms with Crippen molar-refractivity contribution in [3.05, 3.63) is 72.6 Å². The number of nitrogens with one attached hydrogen (secondary N) is 2. The van der Waals surface area contributed by atoms with Gasteiger partial charge in [-0.2, -0.15) is 5.10 Å². The standard InChI is InChI=1S/C23H21N5O2/c1-15-22-20(17-6-4-3-5-7-17)12-13-24-23(22)28(27-15)14-21(30)26-19-10-8-18(9-11-19)25-16(2)29/h3-13H,14H2,1-2H3,(H,25,29)(H,26,30). The minimum atomic E-state index is -0.210. The van der Waals surface area contributed by atoms with Gasteiger partial charge in [0.05, 0.1) is 5.69 Å². The topological polar surface area (TPSA) is 88.9 Å². The molecule has 0 aliphatic heterocycles. The molecule has 0 bridgehead atoms. The fraction of sp³-hybridized carbons (Fsp3) is 0.130. The second kappa shape index (κ2) is 8.16. The third-order valence-electron chi connectivity index (χ3n) is 4.68. The number of amides is 2. The first kappa shape index (κ1) is 19.3. The number of rotatable bonds is 5. The van der Waals surface area contributed by atoms with Crippen molar-refractivity contribution in [1.29, 1.82) is 0 Å². The number of aryl methyl sites for hydroxylation is 1. The summed E-state index contributed by atoms with van der Waals surface area (Å²) in [7, 11) is 0. The SMILES string of the molecule is CC(=O)Nc1ccc(NC(=O)Cn2nc(C)c3c(-c4ccccc4)ccnc32)cc1. The van der Waals surface area contributed by atoms with Crippen LogP contribution in [-0.2, 0) is 16.1 Å². The number of carbonyl (C=O) groups excluding carboxylic acids is 2. The van der Waals surface area contributed by atoms with Crippen LogP contribution in [0.4, 0.5) is 11.4 Å². The van der Waals surface area contributed by atoms with E-state index >= 15 is 0 Å². The Kier molecular flexibility index (Phi) is 5.26. The van der Waals surface area contributed by atoms with Gasteiger partial charge in [-0.1, -0.05) is 30.3 Å². The van der Waals surface area contributed by atoms with E-state index in [1.807, 2.05) is 43.3 Å². The van der Waals surface area contributed by atoms with E-state index < -0.39 is 0 Å². The minimum Gasteiger partial charge on any atom is -0.326 e. The minimum absolute atomic E-state index is 0.0447. The number of carbonyl (C=O) groups is 2. The van der Waals surface area contributed by atoms with Gasteiger partial charge >= 0.3 is 0 Å². The van der Waals surface area contributed by atoms with Crippen molar-refractivity contribution >= 4 is 34.2 Å². The van der Waals surface area contributed by atoms with Gasteiger partial charge in [0.15, 0.2) is 5.65 Å². The van der Waals surface area contributed by atoms with Crippen LogP contribution in [0.25, 0.3) is 22.2 Å². The molecule has 2 amide bonds. The maximum Gasteiger partial charge on any atom is 0.246 e. The van der Waals surface area contributed by atoms with Gasteiger partial charge in [0.25, 0.3) is 0 Å². The summed E-state index contributed by atoms with van der Waals surface area (Å²) in [6.45, 7) is 3.41. The summed E-state index contributed by atoms with van der Waals surface area (Å²) in [5.41, 5.74) is 4.93. The average molecular weight is 399 g/mol. The Morgan fingerprint density at radius 1 is 0.933 bits per heavy atom. The number of benzene rings is 2. The number of pyridine rings is 1. The number of anilines is 2. The van der Waals surface area contributed by atoms with Crippen LogP contribution in [0.5, 0.6) is 0 Å². The molecule has 0 aliphatic rings. The third-order valence-corrected chi connectivity index (χ3v) is 4.68. The van der Waals surface area contributed by atoms with Gasteiger partial charge < -0.3 is 10.6 Å². The predicted octanol–water partition coefficient (Wildman–Crippen LogP) is 4.00. The second-order valence-electron chi connectivity index (χ2n) is 6.97.